The summed E-state index contributed by atoms with van der Waals surface area (Å²) in [6, 6.07) is 10.3. The van der Waals surface area contributed by atoms with Crippen LogP contribution in [0.15, 0.2) is 35.7 Å². The molecule has 0 bridgehead atoms. The summed E-state index contributed by atoms with van der Waals surface area (Å²) in [4.78, 5) is 1.36. The predicted octanol–water partition coefficient (Wildman–Crippen LogP) is 3.81. The van der Waals surface area contributed by atoms with Gasteiger partial charge in [0.2, 0.25) is 0 Å². The Morgan fingerprint density at radius 1 is 1.32 bits per heavy atom. The largest absolute Gasteiger partial charge is 0.493 e. The fourth-order valence-electron chi connectivity index (χ4n) is 2.13. The second-order valence-corrected chi connectivity index (χ2v) is 5.44. The van der Waals surface area contributed by atoms with Crippen molar-refractivity contribution in [2.45, 2.75) is 19.8 Å². The van der Waals surface area contributed by atoms with Gasteiger partial charge in [0.15, 0.2) is 0 Å². The summed E-state index contributed by atoms with van der Waals surface area (Å²) >= 11 is 1.77. The standard InChI is InChI=1S/C15H16N2OS/c1-2-14-13-10-11(5-6-15(13)17-16-14)18-8-7-12-4-3-9-19-12/h3-6,9-10H,2,7-8H2,1H3,(H,16,17). The molecule has 0 aliphatic heterocycles. The van der Waals surface area contributed by atoms with Crippen LogP contribution in [0.1, 0.15) is 17.5 Å². The van der Waals surface area contributed by atoms with Crippen molar-refractivity contribution in [2.75, 3.05) is 6.61 Å². The van der Waals surface area contributed by atoms with Gasteiger partial charge < -0.3 is 4.74 Å². The van der Waals surface area contributed by atoms with E-state index in [1.165, 1.54) is 10.6 Å². The van der Waals surface area contributed by atoms with Gasteiger partial charge in [-0.2, -0.15) is 5.10 Å². The number of H-pyrrole nitrogens is 1. The van der Waals surface area contributed by atoms with E-state index in [0.717, 1.165) is 29.5 Å². The molecule has 0 unspecified atom stereocenters. The van der Waals surface area contributed by atoms with E-state index >= 15 is 0 Å². The first-order valence-corrected chi connectivity index (χ1v) is 7.37. The molecular weight excluding hydrogens is 256 g/mol. The zero-order valence-electron chi connectivity index (χ0n) is 10.8. The molecule has 0 saturated carbocycles. The molecule has 2 aromatic heterocycles. The Balaban J connectivity index is 1.70. The summed E-state index contributed by atoms with van der Waals surface area (Å²) in [6.07, 6.45) is 1.91. The van der Waals surface area contributed by atoms with Crippen molar-refractivity contribution in [3.05, 3.63) is 46.3 Å². The van der Waals surface area contributed by atoms with Gasteiger partial charge in [-0.1, -0.05) is 13.0 Å². The van der Waals surface area contributed by atoms with Crippen molar-refractivity contribution in [1.29, 1.82) is 0 Å². The smallest absolute Gasteiger partial charge is 0.120 e. The molecule has 0 aliphatic rings. The monoisotopic (exact) mass is 272 g/mol. The molecule has 0 fully saturated rings. The summed E-state index contributed by atoms with van der Waals surface area (Å²) in [7, 11) is 0. The summed E-state index contributed by atoms with van der Waals surface area (Å²) < 4.78 is 5.82. The fourth-order valence-corrected chi connectivity index (χ4v) is 2.82. The Bertz CT molecular complexity index is 658. The van der Waals surface area contributed by atoms with Crippen LogP contribution in [-0.2, 0) is 12.8 Å². The van der Waals surface area contributed by atoms with Gasteiger partial charge >= 0.3 is 0 Å². The second kappa shape index (κ2) is 5.45. The number of benzene rings is 1. The molecule has 0 saturated heterocycles. The number of ether oxygens (including phenoxy) is 1. The van der Waals surface area contributed by atoms with E-state index < -0.39 is 0 Å². The predicted molar refractivity (Wildman–Crippen MR) is 79.0 cm³/mol. The van der Waals surface area contributed by atoms with Crippen molar-refractivity contribution in [3.8, 4) is 5.75 Å². The van der Waals surface area contributed by atoms with Crippen LogP contribution in [0.2, 0.25) is 0 Å². The SMILES string of the molecule is CCc1[nH]nc2ccc(OCCc3cccs3)cc12. The Morgan fingerprint density at radius 3 is 3.05 bits per heavy atom. The number of nitrogens with one attached hydrogen (secondary N) is 1. The van der Waals surface area contributed by atoms with Crippen LogP contribution in [0.25, 0.3) is 10.9 Å². The van der Waals surface area contributed by atoms with Crippen LogP contribution in [-0.4, -0.2) is 16.8 Å². The number of hydrogen-bond acceptors (Lipinski definition) is 3. The summed E-state index contributed by atoms with van der Waals surface area (Å²) in [6.45, 7) is 2.84. The lowest BCUT2D eigenvalue weighted by Gasteiger charge is -2.05. The van der Waals surface area contributed by atoms with Gasteiger partial charge in [0.05, 0.1) is 12.1 Å². The van der Waals surface area contributed by atoms with Crippen LogP contribution >= 0.6 is 11.3 Å². The van der Waals surface area contributed by atoms with Crippen LogP contribution in [0.5, 0.6) is 5.75 Å². The van der Waals surface area contributed by atoms with Gasteiger partial charge in [0.1, 0.15) is 5.75 Å². The van der Waals surface area contributed by atoms with E-state index in [-0.39, 0.29) is 0 Å². The number of nitrogens with zero attached hydrogens (tertiary/aromatic N) is 1. The highest BCUT2D eigenvalue weighted by molar-refractivity contribution is 7.09. The van der Waals surface area contributed by atoms with Crippen molar-refractivity contribution in [3.63, 3.8) is 0 Å². The minimum atomic E-state index is 0.714. The van der Waals surface area contributed by atoms with E-state index in [1.54, 1.807) is 11.3 Å². The highest BCUT2D eigenvalue weighted by Crippen LogP contribution is 2.22. The molecule has 3 nitrogen and oxygen atoms in total. The highest BCUT2D eigenvalue weighted by Gasteiger charge is 2.05. The van der Waals surface area contributed by atoms with Crippen molar-refractivity contribution in [2.24, 2.45) is 0 Å². The molecule has 98 valence electrons. The number of aromatic amines is 1. The number of rotatable bonds is 5. The molecule has 1 aromatic carbocycles. The van der Waals surface area contributed by atoms with Gasteiger partial charge in [-0.3, -0.25) is 5.10 Å². The maximum Gasteiger partial charge on any atom is 0.120 e. The van der Waals surface area contributed by atoms with E-state index in [0.29, 0.717) is 6.61 Å². The third-order valence-electron chi connectivity index (χ3n) is 3.16. The van der Waals surface area contributed by atoms with Crippen molar-refractivity contribution in [1.82, 2.24) is 10.2 Å². The molecule has 3 rings (SSSR count). The molecule has 3 aromatic rings. The fraction of sp³-hybridized carbons (Fsp3) is 0.267. The molecule has 0 atom stereocenters. The summed E-state index contributed by atoms with van der Waals surface area (Å²) in [5.74, 6) is 0.917. The molecule has 19 heavy (non-hydrogen) atoms. The van der Waals surface area contributed by atoms with Crippen LogP contribution in [0.3, 0.4) is 0 Å². The molecule has 1 N–H and O–H groups in total. The Labute approximate surface area is 116 Å². The average molecular weight is 272 g/mol. The number of fused-ring (bicyclic) bond motifs is 1. The Morgan fingerprint density at radius 2 is 2.26 bits per heavy atom. The van der Waals surface area contributed by atoms with Gasteiger partial charge in [-0.25, -0.2) is 0 Å². The number of thiophene rings is 1. The first-order chi connectivity index (χ1) is 9.36. The van der Waals surface area contributed by atoms with Gasteiger partial charge in [-0.15, -0.1) is 11.3 Å². The average Bonchev–Trinajstić information content (AvgIpc) is 3.07. The Hall–Kier alpha value is -1.81. The van der Waals surface area contributed by atoms with Crippen LogP contribution < -0.4 is 4.74 Å². The molecule has 0 spiro atoms. The quantitative estimate of drug-likeness (QED) is 0.767. The third kappa shape index (κ3) is 2.63. The van der Waals surface area contributed by atoms with E-state index in [2.05, 4.69) is 40.7 Å². The number of aromatic nitrogens is 2. The van der Waals surface area contributed by atoms with Gasteiger partial charge in [0, 0.05) is 22.4 Å². The van der Waals surface area contributed by atoms with E-state index in [1.807, 2.05) is 12.1 Å². The minimum Gasteiger partial charge on any atom is -0.493 e. The lowest BCUT2D eigenvalue weighted by atomic mass is 10.2. The molecule has 0 radical (unpaired) electrons. The van der Waals surface area contributed by atoms with Gasteiger partial charge in [-0.05, 0) is 36.1 Å². The lowest BCUT2D eigenvalue weighted by Crippen LogP contribution is -1.99. The first-order valence-electron chi connectivity index (χ1n) is 6.49. The van der Waals surface area contributed by atoms with Crippen molar-refractivity contribution >= 4 is 22.2 Å². The zero-order valence-corrected chi connectivity index (χ0v) is 11.7. The third-order valence-corrected chi connectivity index (χ3v) is 4.09. The van der Waals surface area contributed by atoms with E-state index in [4.69, 9.17) is 4.74 Å². The summed E-state index contributed by atoms with van der Waals surface area (Å²) in [5.41, 5.74) is 2.17. The zero-order chi connectivity index (χ0) is 13.1. The molecule has 4 heteroatoms. The maximum absolute atomic E-state index is 5.82. The minimum absolute atomic E-state index is 0.714. The normalized spacial score (nSPS) is 11.0. The number of hydrogen-bond donors (Lipinski definition) is 1. The summed E-state index contributed by atoms with van der Waals surface area (Å²) in [5, 5.41) is 10.6. The maximum atomic E-state index is 5.82. The first kappa shape index (κ1) is 12.2. The molecule has 2 heterocycles. The number of aryl methyl sites for hydroxylation is 1. The topological polar surface area (TPSA) is 37.9 Å². The van der Waals surface area contributed by atoms with Crippen LogP contribution in [0, 0.1) is 0 Å². The van der Waals surface area contributed by atoms with Crippen molar-refractivity contribution < 1.29 is 4.74 Å². The Kier molecular flexibility index (Phi) is 3.51. The molecule has 0 aliphatic carbocycles. The highest BCUT2D eigenvalue weighted by atomic mass is 32.1. The second-order valence-electron chi connectivity index (χ2n) is 4.41. The van der Waals surface area contributed by atoms with Gasteiger partial charge in [0.25, 0.3) is 0 Å². The molecule has 0 amide bonds. The van der Waals surface area contributed by atoms with E-state index in [9.17, 15) is 0 Å². The lowest BCUT2D eigenvalue weighted by molar-refractivity contribution is 0.323. The molecular formula is C15H16N2OS. The van der Waals surface area contributed by atoms with Crippen LogP contribution in [0.4, 0.5) is 0 Å².